The Labute approximate surface area is 107 Å². The van der Waals surface area contributed by atoms with Crippen LogP contribution in [-0.2, 0) is 21.2 Å². The monoisotopic (exact) mass is 294 g/mol. The molecule has 9 heteroatoms. The number of sulfonamides is 1. The number of hydrogen-bond acceptors (Lipinski definition) is 4. The average Bonchev–Trinajstić information content (AvgIpc) is 2.28. The summed E-state index contributed by atoms with van der Waals surface area (Å²) in [7, 11) is -4.20. The van der Waals surface area contributed by atoms with Crippen molar-refractivity contribution in [2.45, 2.75) is 17.9 Å². The van der Waals surface area contributed by atoms with E-state index >= 15 is 0 Å². The van der Waals surface area contributed by atoms with E-state index in [1.165, 1.54) is 6.07 Å². The minimum absolute atomic E-state index is 0.324. The van der Waals surface area contributed by atoms with Crippen LogP contribution in [0.4, 0.5) is 13.2 Å². The van der Waals surface area contributed by atoms with Crippen LogP contribution in [0.5, 0.6) is 0 Å². The summed E-state index contributed by atoms with van der Waals surface area (Å²) in [6.07, 6.45) is -0.373. The third-order valence-electron chi connectivity index (χ3n) is 2.23. The standard InChI is InChI=1S/C10H9F3N2O3S/c11-8-1-2-9(19(15,16)17)7(5-14)6(8)3-4-18-10(12)13/h1-2,10H,3-4H2,(H2,15,16,17). The molecule has 0 amide bonds. The van der Waals surface area contributed by atoms with E-state index in [0.29, 0.717) is 0 Å². The van der Waals surface area contributed by atoms with Crippen LogP contribution in [0, 0.1) is 17.1 Å². The number of hydrogen-bond donors (Lipinski definition) is 1. The number of benzene rings is 1. The number of ether oxygens (including phenoxy) is 1. The molecule has 0 unspecified atom stereocenters. The summed E-state index contributed by atoms with van der Waals surface area (Å²) in [6.45, 7) is -3.59. The molecule has 1 aromatic rings. The fourth-order valence-corrected chi connectivity index (χ4v) is 2.17. The van der Waals surface area contributed by atoms with Crippen molar-refractivity contribution in [3.63, 3.8) is 0 Å². The van der Waals surface area contributed by atoms with Crippen LogP contribution in [0.15, 0.2) is 17.0 Å². The van der Waals surface area contributed by atoms with Crippen molar-refractivity contribution in [1.82, 2.24) is 0 Å². The highest BCUT2D eigenvalue weighted by Gasteiger charge is 2.20. The smallest absolute Gasteiger partial charge is 0.323 e. The molecule has 104 valence electrons. The molecule has 0 aliphatic heterocycles. The van der Waals surface area contributed by atoms with Gasteiger partial charge in [0, 0.05) is 12.0 Å². The van der Waals surface area contributed by atoms with E-state index in [1.807, 2.05) is 0 Å². The fraction of sp³-hybridized carbons (Fsp3) is 0.300. The van der Waals surface area contributed by atoms with Gasteiger partial charge in [-0.3, -0.25) is 0 Å². The first-order valence-electron chi connectivity index (χ1n) is 4.91. The lowest BCUT2D eigenvalue weighted by Crippen LogP contribution is -2.16. The number of halogens is 3. The van der Waals surface area contributed by atoms with Crippen molar-refractivity contribution in [2.24, 2.45) is 5.14 Å². The quantitative estimate of drug-likeness (QED) is 0.880. The summed E-state index contributed by atoms with van der Waals surface area (Å²) >= 11 is 0. The van der Waals surface area contributed by atoms with E-state index in [1.54, 1.807) is 0 Å². The molecule has 0 radical (unpaired) electrons. The Kier molecular flexibility index (Phi) is 4.88. The lowest BCUT2D eigenvalue weighted by atomic mass is 10.1. The van der Waals surface area contributed by atoms with Gasteiger partial charge in [0.1, 0.15) is 11.9 Å². The zero-order valence-electron chi connectivity index (χ0n) is 9.44. The Balaban J connectivity index is 3.20. The molecular formula is C10H9F3N2O3S. The minimum Gasteiger partial charge on any atom is -0.323 e. The molecule has 0 fully saturated rings. The highest BCUT2D eigenvalue weighted by Crippen LogP contribution is 2.21. The van der Waals surface area contributed by atoms with Gasteiger partial charge in [0.25, 0.3) is 0 Å². The van der Waals surface area contributed by atoms with E-state index in [0.717, 1.165) is 12.1 Å². The van der Waals surface area contributed by atoms with E-state index in [4.69, 9.17) is 10.4 Å². The number of nitrogens with zero attached hydrogens (tertiary/aromatic N) is 1. The zero-order chi connectivity index (χ0) is 14.6. The Morgan fingerprint density at radius 1 is 1.42 bits per heavy atom. The molecule has 1 rings (SSSR count). The summed E-state index contributed by atoms with van der Waals surface area (Å²) < 4.78 is 63.4. The van der Waals surface area contributed by atoms with Gasteiger partial charge in [-0.25, -0.2) is 17.9 Å². The maximum Gasteiger partial charge on any atom is 0.345 e. The predicted molar refractivity (Wildman–Crippen MR) is 58.1 cm³/mol. The number of nitrogens with two attached hydrogens (primary N) is 1. The van der Waals surface area contributed by atoms with Crippen LogP contribution in [-0.4, -0.2) is 21.6 Å². The van der Waals surface area contributed by atoms with Gasteiger partial charge >= 0.3 is 6.61 Å². The molecular weight excluding hydrogens is 285 g/mol. The van der Waals surface area contributed by atoms with E-state index in [9.17, 15) is 21.6 Å². The van der Waals surface area contributed by atoms with Crippen molar-refractivity contribution >= 4 is 10.0 Å². The Morgan fingerprint density at radius 3 is 2.53 bits per heavy atom. The molecule has 0 saturated carbocycles. The summed E-state index contributed by atoms with van der Waals surface area (Å²) in [6, 6.07) is 3.16. The summed E-state index contributed by atoms with van der Waals surface area (Å²) in [4.78, 5) is -0.552. The fourth-order valence-electron chi connectivity index (χ4n) is 1.46. The first-order valence-corrected chi connectivity index (χ1v) is 6.46. The van der Waals surface area contributed by atoms with Crippen molar-refractivity contribution < 1.29 is 26.3 Å². The average molecular weight is 294 g/mol. The Bertz CT molecular complexity index is 611. The number of primary sulfonamides is 1. The normalized spacial score (nSPS) is 11.6. The molecule has 0 aliphatic carbocycles. The zero-order valence-corrected chi connectivity index (χ0v) is 10.3. The molecule has 0 atom stereocenters. The van der Waals surface area contributed by atoms with Crippen molar-refractivity contribution in [2.75, 3.05) is 6.61 Å². The second-order valence-electron chi connectivity index (χ2n) is 3.44. The van der Waals surface area contributed by atoms with Gasteiger partial charge in [-0.1, -0.05) is 0 Å². The molecule has 0 saturated heterocycles. The summed E-state index contributed by atoms with van der Waals surface area (Å²) in [5.74, 6) is -0.887. The third-order valence-corrected chi connectivity index (χ3v) is 3.18. The van der Waals surface area contributed by atoms with E-state index < -0.39 is 39.5 Å². The van der Waals surface area contributed by atoms with Crippen LogP contribution < -0.4 is 5.14 Å². The lowest BCUT2D eigenvalue weighted by molar-refractivity contribution is -0.127. The minimum atomic E-state index is -4.20. The van der Waals surface area contributed by atoms with Gasteiger partial charge in [0.2, 0.25) is 10.0 Å². The molecule has 5 nitrogen and oxygen atoms in total. The third kappa shape index (κ3) is 3.92. The van der Waals surface area contributed by atoms with Crippen LogP contribution >= 0.6 is 0 Å². The molecule has 0 heterocycles. The molecule has 2 N–H and O–H groups in total. The number of rotatable bonds is 5. The SMILES string of the molecule is N#Cc1c(S(N)(=O)=O)ccc(F)c1CCOC(F)F. The van der Waals surface area contributed by atoms with Gasteiger partial charge in [0.15, 0.2) is 0 Å². The van der Waals surface area contributed by atoms with E-state index in [2.05, 4.69) is 4.74 Å². The second kappa shape index (κ2) is 6.01. The van der Waals surface area contributed by atoms with Crippen molar-refractivity contribution in [3.8, 4) is 6.07 Å². The van der Waals surface area contributed by atoms with E-state index in [-0.39, 0.29) is 12.0 Å². The van der Waals surface area contributed by atoms with Gasteiger partial charge in [-0.15, -0.1) is 0 Å². The molecule has 0 aliphatic rings. The van der Waals surface area contributed by atoms with Crippen LogP contribution in [0.3, 0.4) is 0 Å². The second-order valence-corrected chi connectivity index (χ2v) is 4.97. The van der Waals surface area contributed by atoms with Crippen molar-refractivity contribution in [3.05, 3.63) is 29.1 Å². The first-order chi connectivity index (χ1) is 8.77. The highest BCUT2D eigenvalue weighted by atomic mass is 32.2. The maximum atomic E-state index is 13.5. The first kappa shape index (κ1) is 15.4. The highest BCUT2D eigenvalue weighted by molar-refractivity contribution is 7.89. The summed E-state index contributed by atoms with van der Waals surface area (Å²) in [5, 5.41) is 13.7. The van der Waals surface area contributed by atoms with Crippen LogP contribution in [0.1, 0.15) is 11.1 Å². The topological polar surface area (TPSA) is 93.2 Å². The van der Waals surface area contributed by atoms with Crippen LogP contribution in [0.2, 0.25) is 0 Å². The summed E-state index contributed by atoms with van der Waals surface area (Å²) in [5.41, 5.74) is -0.824. The van der Waals surface area contributed by atoms with Gasteiger partial charge in [0.05, 0.1) is 17.1 Å². The Hall–Kier alpha value is -1.63. The number of alkyl halides is 2. The predicted octanol–water partition coefficient (Wildman–Crippen LogP) is 1.13. The van der Waals surface area contributed by atoms with Gasteiger partial charge in [-0.05, 0) is 12.1 Å². The van der Waals surface area contributed by atoms with Gasteiger partial charge in [-0.2, -0.15) is 14.0 Å². The molecule has 0 aromatic heterocycles. The van der Waals surface area contributed by atoms with Gasteiger partial charge < -0.3 is 4.74 Å². The molecule has 0 bridgehead atoms. The molecule has 19 heavy (non-hydrogen) atoms. The maximum absolute atomic E-state index is 13.5. The Morgan fingerprint density at radius 2 is 2.05 bits per heavy atom. The van der Waals surface area contributed by atoms with Crippen LogP contribution in [0.25, 0.3) is 0 Å². The number of nitriles is 1. The molecule has 1 aromatic carbocycles. The largest absolute Gasteiger partial charge is 0.345 e. The van der Waals surface area contributed by atoms with Crippen molar-refractivity contribution in [1.29, 1.82) is 5.26 Å². The molecule has 0 spiro atoms. The lowest BCUT2D eigenvalue weighted by Gasteiger charge is -2.09.